The first-order chi connectivity index (χ1) is 9.44. The van der Waals surface area contributed by atoms with E-state index in [0.29, 0.717) is 13.1 Å². The van der Waals surface area contributed by atoms with Crippen molar-refractivity contribution in [3.8, 4) is 0 Å². The van der Waals surface area contributed by atoms with Gasteiger partial charge in [-0.1, -0.05) is 31.5 Å². The van der Waals surface area contributed by atoms with E-state index in [1.807, 2.05) is 19.9 Å². The maximum absolute atomic E-state index is 12.3. The summed E-state index contributed by atoms with van der Waals surface area (Å²) >= 11 is 0. The molecule has 0 saturated heterocycles. The lowest BCUT2D eigenvalue weighted by atomic mass is 9.96. The number of nitrogens with two attached hydrogens (primary N) is 1. The molecule has 1 atom stereocenters. The van der Waals surface area contributed by atoms with E-state index >= 15 is 0 Å². The molecular weight excluding hydrogens is 272 g/mol. The predicted molar refractivity (Wildman–Crippen MR) is 81.9 cm³/mol. The van der Waals surface area contributed by atoms with Crippen LogP contribution in [0.3, 0.4) is 0 Å². The molecule has 4 nitrogen and oxygen atoms in total. The number of fused-ring (bicyclic) bond motifs is 1. The Balaban J connectivity index is 2.19. The molecule has 5 heteroatoms. The molecule has 1 aromatic rings. The average molecular weight is 296 g/mol. The van der Waals surface area contributed by atoms with Crippen LogP contribution in [0.1, 0.15) is 49.4 Å². The number of sulfonamides is 1. The third kappa shape index (κ3) is 3.40. The first-order valence-electron chi connectivity index (χ1n) is 7.29. The Morgan fingerprint density at radius 1 is 1.35 bits per heavy atom. The topological polar surface area (TPSA) is 63.4 Å². The molecule has 20 heavy (non-hydrogen) atoms. The van der Waals surface area contributed by atoms with E-state index in [9.17, 15) is 8.42 Å². The van der Waals surface area contributed by atoms with Gasteiger partial charge in [-0.3, -0.25) is 0 Å². The first kappa shape index (κ1) is 15.5. The van der Waals surface area contributed by atoms with E-state index < -0.39 is 10.0 Å². The van der Waals surface area contributed by atoms with Crippen molar-refractivity contribution in [2.24, 2.45) is 5.73 Å². The smallest absolute Gasteiger partial charge is 0.214 e. The van der Waals surface area contributed by atoms with Gasteiger partial charge < -0.3 is 5.73 Å². The van der Waals surface area contributed by atoms with Crippen molar-refractivity contribution in [3.05, 3.63) is 34.9 Å². The van der Waals surface area contributed by atoms with Gasteiger partial charge in [0.15, 0.2) is 0 Å². The van der Waals surface area contributed by atoms with Gasteiger partial charge >= 0.3 is 0 Å². The Hall–Kier alpha value is -0.910. The van der Waals surface area contributed by atoms with E-state index in [2.05, 4.69) is 12.1 Å². The second kappa shape index (κ2) is 6.24. The lowest BCUT2D eigenvalue weighted by molar-refractivity contribution is 0.390. The summed E-state index contributed by atoms with van der Waals surface area (Å²) in [4.78, 5) is 0. The predicted octanol–water partition coefficient (Wildman–Crippen LogP) is 2.19. The van der Waals surface area contributed by atoms with Gasteiger partial charge in [0.05, 0.1) is 5.75 Å². The van der Waals surface area contributed by atoms with Gasteiger partial charge in [0.25, 0.3) is 0 Å². The van der Waals surface area contributed by atoms with E-state index in [-0.39, 0.29) is 11.8 Å². The maximum Gasteiger partial charge on any atom is 0.214 e. The fourth-order valence-electron chi connectivity index (χ4n) is 2.53. The highest BCUT2D eigenvalue weighted by molar-refractivity contribution is 7.89. The lowest BCUT2D eigenvalue weighted by Crippen LogP contribution is -2.37. The highest BCUT2D eigenvalue weighted by Gasteiger charge is 2.26. The number of nitrogens with zero attached hydrogens (tertiary/aromatic N) is 1. The number of hydrogen-bond donors (Lipinski definition) is 1. The standard InChI is InChI=1S/C15H24N2O2S/c1-3-4-9-20(18,19)17-8-7-13-5-6-14(12(2)16)10-15(13)11-17/h5-6,10,12H,3-4,7-9,11,16H2,1-2H3. The molecule has 112 valence electrons. The van der Waals surface area contributed by atoms with Crippen LogP contribution in [0.15, 0.2) is 18.2 Å². The van der Waals surface area contributed by atoms with Crippen LogP contribution in [0.4, 0.5) is 0 Å². The number of rotatable bonds is 5. The van der Waals surface area contributed by atoms with Gasteiger partial charge in [-0.25, -0.2) is 8.42 Å². The normalized spacial score (nSPS) is 17.8. The fraction of sp³-hybridized carbons (Fsp3) is 0.600. The lowest BCUT2D eigenvalue weighted by Gasteiger charge is -2.28. The van der Waals surface area contributed by atoms with Crippen LogP contribution in [0.5, 0.6) is 0 Å². The molecule has 0 spiro atoms. The molecule has 0 fully saturated rings. The third-order valence-corrected chi connectivity index (χ3v) is 5.79. The molecule has 1 aliphatic heterocycles. The van der Waals surface area contributed by atoms with Gasteiger partial charge in [-0.05, 0) is 36.5 Å². The minimum Gasteiger partial charge on any atom is -0.324 e. The second-order valence-electron chi connectivity index (χ2n) is 5.57. The monoisotopic (exact) mass is 296 g/mol. The minimum absolute atomic E-state index is 0.0209. The zero-order valence-electron chi connectivity index (χ0n) is 12.3. The molecule has 0 amide bonds. The van der Waals surface area contributed by atoms with Crippen molar-refractivity contribution < 1.29 is 8.42 Å². The van der Waals surface area contributed by atoms with E-state index in [4.69, 9.17) is 5.73 Å². The van der Waals surface area contributed by atoms with Crippen LogP contribution in [-0.4, -0.2) is 25.0 Å². The maximum atomic E-state index is 12.3. The Morgan fingerprint density at radius 3 is 2.75 bits per heavy atom. The van der Waals surface area contributed by atoms with Crippen molar-refractivity contribution in [2.45, 2.75) is 45.7 Å². The molecule has 2 rings (SSSR count). The van der Waals surface area contributed by atoms with Gasteiger partial charge in [0, 0.05) is 19.1 Å². The van der Waals surface area contributed by atoms with Crippen LogP contribution in [-0.2, 0) is 23.0 Å². The number of hydrogen-bond acceptors (Lipinski definition) is 3. The highest BCUT2D eigenvalue weighted by atomic mass is 32.2. The Morgan fingerprint density at radius 2 is 2.10 bits per heavy atom. The summed E-state index contributed by atoms with van der Waals surface area (Å²) < 4.78 is 26.2. The highest BCUT2D eigenvalue weighted by Crippen LogP contribution is 2.24. The van der Waals surface area contributed by atoms with Crippen LogP contribution < -0.4 is 5.73 Å². The first-order valence-corrected chi connectivity index (χ1v) is 8.90. The average Bonchev–Trinajstić information content (AvgIpc) is 2.43. The molecule has 1 aromatic carbocycles. The molecule has 1 aliphatic rings. The molecule has 1 unspecified atom stereocenters. The summed E-state index contributed by atoms with van der Waals surface area (Å²) in [6.45, 7) is 5.04. The van der Waals surface area contributed by atoms with Crippen molar-refractivity contribution in [1.29, 1.82) is 0 Å². The third-order valence-electron chi connectivity index (χ3n) is 3.88. The van der Waals surface area contributed by atoms with Crippen molar-refractivity contribution in [2.75, 3.05) is 12.3 Å². The van der Waals surface area contributed by atoms with Crippen molar-refractivity contribution in [1.82, 2.24) is 4.31 Å². The summed E-state index contributed by atoms with van der Waals surface area (Å²) in [5, 5.41) is 0. The molecule has 0 aliphatic carbocycles. The summed E-state index contributed by atoms with van der Waals surface area (Å²) in [5.74, 6) is 0.256. The van der Waals surface area contributed by atoms with Gasteiger partial charge in [-0.15, -0.1) is 0 Å². The summed E-state index contributed by atoms with van der Waals surface area (Å²) in [7, 11) is -3.12. The fourth-order valence-corrected chi connectivity index (χ4v) is 4.14. The second-order valence-corrected chi connectivity index (χ2v) is 7.66. The molecule has 2 N–H and O–H groups in total. The van der Waals surface area contributed by atoms with E-state index in [0.717, 1.165) is 30.4 Å². The zero-order chi connectivity index (χ0) is 14.8. The summed E-state index contributed by atoms with van der Waals surface area (Å²) in [6, 6.07) is 6.17. The number of benzene rings is 1. The summed E-state index contributed by atoms with van der Waals surface area (Å²) in [5.41, 5.74) is 9.32. The Kier molecular flexibility index (Phi) is 4.83. The van der Waals surface area contributed by atoms with Crippen molar-refractivity contribution in [3.63, 3.8) is 0 Å². The molecule has 0 bridgehead atoms. The van der Waals surface area contributed by atoms with Crippen LogP contribution in [0.25, 0.3) is 0 Å². The van der Waals surface area contributed by atoms with Gasteiger partial charge in [-0.2, -0.15) is 4.31 Å². The molecule has 0 aromatic heterocycles. The van der Waals surface area contributed by atoms with Crippen LogP contribution in [0, 0.1) is 0 Å². The van der Waals surface area contributed by atoms with Crippen LogP contribution >= 0.6 is 0 Å². The van der Waals surface area contributed by atoms with Gasteiger partial charge in [0.1, 0.15) is 0 Å². The van der Waals surface area contributed by atoms with E-state index in [1.54, 1.807) is 4.31 Å². The Bertz CT molecular complexity index is 567. The van der Waals surface area contributed by atoms with Crippen molar-refractivity contribution >= 4 is 10.0 Å². The SMILES string of the molecule is CCCCS(=O)(=O)N1CCc2ccc(C(C)N)cc2C1. The largest absolute Gasteiger partial charge is 0.324 e. The minimum atomic E-state index is -3.12. The molecule has 1 heterocycles. The molecular formula is C15H24N2O2S. The van der Waals surface area contributed by atoms with Gasteiger partial charge in [0.2, 0.25) is 10.0 Å². The Labute approximate surface area is 122 Å². The summed E-state index contributed by atoms with van der Waals surface area (Å²) in [6.07, 6.45) is 2.42. The number of unbranched alkanes of at least 4 members (excludes halogenated alkanes) is 1. The molecule has 0 radical (unpaired) electrons. The van der Waals surface area contributed by atoms with Crippen LogP contribution in [0.2, 0.25) is 0 Å². The quantitative estimate of drug-likeness (QED) is 0.906. The zero-order valence-corrected chi connectivity index (χ0v) is 13.1. The molecule has 0 saturated carbocycles. The van der Waals surface area contributed by atoms with E-state index in [1.165, 1.54) is 5.56 Å².